The maximum atomic E-state index is 12.3. The molecule has 1 aliphatic carbocycles. The summed E-state index contributed by atoms with van der Waals surface area (Å²) in [6.45, 7) is 9.04. The van der Waals surface area contributed by atoms with Gasteiger partial charge >= 0.3 is 6.09 Å². The molecule has 1 saturated heterocycles. The molecule has 0 saturated carbocycles. The van der Waals surface area contributed by atoms with Crippen LogP contribution in [0.1, 0.15) is 58.2 Å². The highest BCUT2D eigenvalue weighted by Gasteiger charge is 2.36. The Morgan fingerprint density at radius 1 is 1.35 bits per heavy atom. The van der Waals surface area contributed by atoms with E-state index in [0.29, 0.717) is 12.2 Å². The van der Waals surface area contributed by atoms with E-state index in [4.69, 9.17) is 4.74 Å². The Balaban J connectivity index is 1.82. The van der Waals surface area contributed by atoms with Crippen LogP contribution < -0.4 is 10.2 Å². The van der Waals surface area contributed by atoms with Gasteiger partial charge in [-0.25, -0.2) is 4.79 Å². The van der Waals surface area contributed by atoms with Gasteiger partial charge in [-0.15, -0.1) is 4.91 Å². The summed E-state index contributed by atoms with van der Waals surface area (Å²) in [5.74, 6) is 0. The number of aryl methyl sites for hydroxylation is 1. The van der Waals surface area contributed by atoms with Gasteiger partial charge in [0.1, 0.15) is 11.3 Å². The van der Waals surface area contributed by atoms with Crippen molar-refractivity contribution in [3.63, 3.8) is 0 Å². The maximum absolute atomic E-state index is 12.3. The first-order valence-corrected chi connectivity index (χ1v) is 9.31. The summed E-state index contributed by atoms with van der Waals surface area (Å²) in [4.78, 5) is 30.2. The number of carbonyl (C=O) groups excluding carboxylic acids is 1. The lowest BCUT2D eigenvalue weighted by Crippen LogP contribution is -2.57. The zero-order chi connectivity index (χ0) is 18.9. The molecule has 1 amide bonds. The Hall–Kier alpha value is -2.18. The lowest BCUT2D eigenvalue weighted by Gasteiger charge is -2.42. The summed E-state index contributed by atoms with van der Waals surface area (Å²) in [5, 5.41) is 6.24. The zero-order valence-corrected chi connectivity index (χ0v) is 16.1. The van der Waals surface area contributed by atoms with E-state index in [0.717, 1.165) is 55.6 Å². The molecule has 3 rings (SSSR count). The van der Waals surface area contributed by atoms with E-state index < -0.39 is 17.2 Å². The SMILES string of the molecule is CC1(NC(=O)OC(C)(C)C)CCCN(c2c(N=O)cnc3c2CCC3)C1. The van der Waals surface area contributed by atoms with Gasteiger partial charge in [0, 0.05) is 18.8 Å². The first-order chi connectivity index (χ1) is 12.2. The minimum atomic E-state index is -0.532. The molecule has 2 heterocycles. The van der Waals surface area contributed by atoms with Crippen LogP contribution in [0.3, 0.4) is 0 Å². The van der Waals surface area contributed by atoms with Crippen LogP contribution in [0, 0.1) is 4.91 Å². The molecule has 1 unspecified atom stereocenters. The average molecular weight is 360 g/mol. The Morgan fingerprint density at radius 2 is 2.12 bits per heavy atom. The Bertz CT molecular complexity index is 713. The standard InChI is InChI=1S/C19H28N4O3/c1-18(2,3)26-17(24)21-19(4)9-6-10-23(12-19)16-13-7-5-8-14(13)20-11-15(16)22-25/h11H,5-10,12H2,1-4H3,(H,21,24). The molecule has 0 radical (unpaired) electrons. The van der Waals surface area contributed by atoms with Crippen LogP contribution in [0.2, 0.25) is 0 Å². The van der Waals surface area contributed by atoms with Gasteiger partial charge in [-0.3, -0.25) is 4.98 Å². The van der Waals surface area contributed by atoms with Crippen molar-refractivity contribution in [2.45, 2.75) is 70.9 Å². The van der Waals surface area contributed by atoms with Crippen molar-refractivity contribution in [3.05, 3.63) is 22.4 Å². The van der Waals surface area contributed by atoms with Crippen molar-refractivity contribution < 1.29 is 9.53 Å². The van der Waals surface area contributed by atoms with E-state index in [2.05, 4.69) is 20.4 Å². The third-order valence-corrected chi connectivity index (χ3v) is 4.97. The Kier molecular flexibility index (Phi) is 4.90. The first-order valence-electron chi connectivity index (χ1n) is 9.31. The van der Waals surface area contributed by atoms with E-state index in [-0.39, 0.29) is 0 Å². The van der Waals surface area contributed by atoms with Gasteiger partial charge in [0.25, 0.3) is 0 Å². The minimum absolute atomic E-state index is 0.396. The van der Waals surface area contributed by atoms with Crippen LogP contribution in [0.25, 0.3) is 0 Å². The van der Waals surface area contributed by atoms with Crippen LogP contribution in [0.4, 0.5) is 16.2 Å². The number of piperidine rings is 1. The maximum Gasteiger partial charge on any atom is 0.408 e. The zero-order valence-electron chi connectivity index (χ0n) is 16.1. The summed E-state index contributed by atoms with van der Waals surface area (Å²) in [6, 6.07) is 0. The van der Waals surface area contributed by atoms with Gasteiger partial charge in [-0.1, -0.05) is 0 Å². The van der Waals surface area contributed by atoms with E-state index in [1.807, 2.05) is 27.7 Å². The summed E-state index contributed by atoms with van der Waals surface area (Å²) in [7, 11) is 0. The Labute approximate surface area is 154 Å². The van der Waals surface area contributed by atoms with Crippen molar-refractivity contribution in [2.24, 2.45) is 5.18 Å². The van der Waals surface area contributed by atoms with Crippen molar-refractivity contribution in [3.8, 4) is 0 Å². The van der Waals surface area contributed by atoms with Gasteiger partial charge in [0.15, 0.2) is 0 Å². The number of pyridine rings is 1. The summed E-state index contributed by atoms with van der Waals surface area (Å²) in [6.07, 6.45) is 5.88. The summed E-state index contributed by atoms with van der Waals surface area (Å²) in [5.41, 5.74) is 2.56. The van der Waals surface area contributed by atoms with Crippen molar-refractivity contribution in [1.29, 1.82) is 0 Å². The lowest BCUT2D eigenvalue weighted by molar-refractivity contribution is 0.0454. The third kappa shape index (κ3) is 3.97. The number of rotatable bonds is 3. The highest BCUT2D eigenvalue weighted by Crippen LogP contribution is 2.40. The fourth-order valence-electron chi connectivity index (χ4n) is 3.98. The third-order valence-electron chi connectivity index (χ3n) is 4.97. The molecule has 1 fully saturated rings. The van der Waals surface area contributed by atoms with Crippen LogP contribution in [0.5, 0.6) is 0 Å². The fraction of sp³-hybridized carbons (Fsp3) is 0.684. The summed E-state index contributed by atoms with van der Waals surface area (Å²) < 4.78 is 5.42. The van der Waals surface area contributed by atoms with Gasteiger partial charge < -0.3 is 15.0 Å². The Morgan fingerprint density at radius 3 is 2.81 bits per heavy atom. The molecule has 0 spiro atoms. The second-order valence-electron chi connectivity index (χ2n) is 8.57. The number of nitrogens with one attached hydrogen (secondary N) is 1. The molecule has 1 aromatic rings. The number of amides is 1. The predicted octanol–water partition coefficient (Wildman–Crippen LogP) is 3.85. The molecule has 1 atom stereocenters. The highest BCUT2D eigenvalue weighted by molar-refractivity contribution is 5.73. The molecule has 142 valence electrons. The first kappa shape index (κ1) is 18.6. The molecule has 2 aliphatic rings. The largest absolute Gasteiger partial charge is 0.444 e. The monoisotopic (exact) mass is 360 g/mol. The molecular weight excluding hydrogens is 332 g/mol. The highest BCUT2D eigenvalue weighted by atomic mass is 16.6. The molecule has 26 heavy (non-hydrogen) atoms. The number of alkyl carbamates (subject to hydrolysis) is 1. The second-order valence-corrected chi connectivity index (χ2v) is 8.57. The molecule has 1 aliphatic heterocycles. The van der Waals surface area contributed by atoms with E-state index in [1.54, 1.807) is 6.20 Å². The van der Waals surface area contributed by atoms with Crippen molar-refractivity contribution >= 4 is 17.5 Å². The van der Waals surface area contributed by atoms with Gasteiger partial charge in [0.05, 0.1) is 17.4 Å². The number of nitroso groups, excluding NO2 is 1. The quantitative estimate of drug-likeness (QED) is 0.828. The van der Waals surface area contributed by atoms with E-state index in [9.17, 15) is 9.70 Å². The second kappa shape index (κ2) is 6.85. The normalized spacial score (nSPS) is 22.7. The van der Waals surface area contributed by atoms with Crippen LogP contribution in [-0.2, 0) is 17.6 Å². The molecule has 1 N–H and O–H groups in total. The number of aromatic nitrogens is 1. The number of carbonyl (C=O) groups is 1. The number of hydrogen-bond acceptors (Lipinski definition) is 6. The molecule has 0 aromatic carbocycles. The topological polar surface area (TPSA) is 83.9 Å². The minimum Gasteiger partial charge on any atom is -0.444 e. The summed E-state index contributed by atoms with van der Waals surface area (Å²) >= 11 is 0. The number of ether oxygens (including phenoxy) is 1. The van der Waals surface area contributed by atoms with Gasteiger partial charge in [-0.2, -0.15) is 0 Å². The smallest absolute Gasteiger partial charge is 0.408 e. The predicted molar refractivity (Wildman–Crippen MR) is 101 cm³/mol. The van der Waals surface area contributed by atoms with Gasteiger partial charge in [0.2, 0.25) is 0 Å². The number of hydrogen-bond donors (Lipinski definition) is 1. The van der Waals surface area contributed by atoms with Crippen molar-refractivity contribution in [1.82, 2.24) is 10.3 Å². The molecular formula is C19H28N4O3. The van der Waals surface area contributed by atoms with Crippen LogP contribution in [-0.4, -0.2) is 35.3 Å². The number of nitrogens with zero attached hydrogens (tertiary/aromatic N) is 3. The average Bonchev–Trinajstić information content (AvgIpc) is 2.99. The lowest BCUT2D eigenvalue weighted by atomic mass is 9.90. The molecule has 0 bridgehead atoms. The number of anilines is 1. The van der Waals surface area contributed by atoms with E-state index in [1.165, 1.54) is 0 Å². The van der Waals surface area contributed by atoms with Gasteiger partial charge in [-0.05, 0) is 70.5 Å². The fourth-order valence-corrected chi connectivity index (χ4v) is 3.98. The molecule has 7 nitrogen and oxygen atoms in total. The molecule has 7 heteroatoms. The van der Waals surface area contributed by atoms with Crippen molar-refractivity contribution in [2.75, 3.05) is 18.0 Å². The van der Waals surface area contributed by atoms with Crippen LogP contribution in [0.15, 0.2) is 11.4 Å². The number of fused-ring (bicyclic) bond motifs is 1. The van der Waals surface area contributed by atoms with Crippen LogP contribution >= 0.6 is 0 Å². The van der Waals surface area contributed by atoms with E-state index >= 15 is 0 Å². The molecule has 1 aromatic heterocycles.